The molecular weight excluding hydrogens is 380 g/mol. The number of fused-ring (bicyclic) bond motifs is 1. The van der Waals surface area contributed by atoms with Crippen LogP contribution in [0.3, 0.4) is 0 Å². The van der Waals surface area contributed by atoms with E-state index in [1.54, 1.807) is 6.92 Å². The van der Waals surface area contributed by atoms with Gasteiger partial charge in [0.1, 0.15) is 5.78 Å². The lowest BCUT2D eigenvalue weighted by atomic mass is 9.63. The molecule has 2 atom stereocenters. The topological polar surface area (TPSA) is 91.0 Å². The van der Waals surface area contributed by atoms with Crippen LogP contribution in [0.15, 0.2) is 40.5 Å². The zero-order valence-corrected chi connectivity index (χ0v) is 18.4. The highest BCUT2D eigenvalue weighted by Crippen LogP contribution is 2.47. The monoisotopic (exact) mass is 412 g/mol. The Bertz CT molecular complexity index is 885. The van der Waals surface area contributed by atoms with Gasteiger partial charge >= 0.3 is 5.97 Å². The summed E-state index contributed by atoms with van der Waals surface area (Å²) in [5.74, 6) is -1.17. The van der Waals surface area contributed by atoms with Gasteiger partial charge in [-0.3, -0.25) is 9.79 Å². The van der Waals surface area contributed by atoms with Gasteiger partial charge in [-0.25, -0.2) is 4.79 Å². The first-order valence-corrected chi connectivity index (χ1v) is 10.6. The number of ether oxygens (including phenoxy) is 2. The van der Waals surface area contributed by atoms with Crippen molar-refractivity contribution in [2.24, 2.45) is 22.1 Å². The molecule has 1 fully saturated rings. The molecule has 2 aliphatic rings. The van der Waals surface area contributed by atoms with E-state index in [-0.39, 0.29) is 24.4 Å². The first-order valence-electron chi connectivity index (χ1n) is 10.6. The van der Waals surface area contributed by atoms with Crippen molar-refractivity contribution >= 4 is 17.5 Å². The van der Waals surface area contributed by atoms with Gasteiger partial charge < -0.3 is 15.2 Å². The van der Waals surface area contributed by atoms with Gasteiger partial charge in [0.05, 0.1) is 37.0 Å². The lowest BCUT2D eigenvalue weighted by molar-refractivity contribution is -0.139. The number of aryl methyl sites for hydroxylation is 1. The predicted octanol–water partition coefficient (Wildman–Crippen LogP) is 3.33. The highest BCUT2D eigenvalue weighted by atomic mass is 16.5. The summed E-state index contributed by atoms with van der Waals surface area (Å²) in [6.45, 7) is 9.12. The molecule has 0 spiro atoms. The molecule has 1 aliphatic carbocycles. The zero-order chi connectivity index (χ0) is 21.9. The number of hydrogen-bond acceptors (Lipinski definition) is 6. The van der Waals surface area contributed by atoms with E-state index >= 15 is 0 Å². The van der Waals surface area contributed by atoms with Gasteiger partial charge in [-0.15, -0.1) is 0 Å². The van der Waals surface area contributed by atoms with Crippen LogP contribution in [-0.2, 0) is 19.1 Å². The van der Waals surface area contributed by atoms with Crippen LogP contribution in [0.4, 0.5) is 0 Å². The molecule has 1 aliphatic heterocycles. The predicted molar refractivity (Wildman–Crippen MR) is 116 cm³/mol. The first-order chi connectivity index (χ1) is 14.3. The number of benzene rings is 1. The van der Waals surface area contributed by atoms with E-state index in [9.17, 15) is 9.59 Å². The fourth-order valence-electron chi connectivity index (χ4n) is 4.58. The molecule has 1 aromatic rings. The number of carbonyl (C=O) groups is 2. The number of esters is 1. The summed E-state index contributed by atoms with van der Waals surface area (Å²) >= 11 is 0. The van der Waals surface area contributed by atoms with Crippen LogP contribution in [0, 0.1) is 18.3 Å². The van der Waals surface area contributed by atoms with Crippen LogP contribution in [0.2, 0.25) is 0 Å². The Kier molecular flexibility index (Phi) is 6.88. The van der Waals surface area contributed by atoms with E-state index in [4.69, 9.17) is 20.2 Å². The maximum Gasteiger partial charge on any atom is 0.336 e. The van der Waals surface area contributed by atoms with Crippen LogP contribution < -0.4 is 5.73 Å². The minimum atomic E-state index is -0.447. The third kappa shape index (κ3) is 4.55. The van der Waals surface area contributed by atoms with Crippen molar-refractivity contribution in [3.05, 3.63) is 46.7 Å². The summed E-state index contributed by atoms with van der Waals surface area (Å²) in [7, 11) is 0. The van der Waals surface area contributed by atoms with Crippen LogP contribution in [0.5, 0.6) is 0 Å². The highest BCUT2D eigenvalue weighted by Gasteiger charge is 2.48. The van der Waals surface area contributed by atoms with Crippen LogP contribution in [0.25, 0.3) is 0 Å². The van der Waals surface area contributed by atoms with Crippen LogP contribution in [-0.4, -0.2) is 43.8 Å². The normalized spacial score (nSPS) is 23.1. The number of aliphatic imine (C=N–C) groups is 1. The summed E-state index contributed by atoms with van der Waals surface area (Å²) in [5, 5.41) is 0. The van der Waals surface area contributed by atoms with Crippen molar-refractivity contribution < 1.29 is 19.1 Å². The third-order valence-corrected chi connectivity index (χ3v) is 5.77. The Labute approximate surface area is 178 Å². The molecule has 1 heterocycles. The summed E-state index contributed by atoms with van der Waals surface area (Å²) in [6.07, 6.45) is 1.18. The molecule has 2 unspecified atom stereocenters. The molecule has 1 aromatic carbocycles. The fraction of sp³-hybridized carbons (Fsp3) is 0.542. The maximum absolute atomic E-state index is 13.3. The zero-order valence-electron chi connectivity index (χ0n) is 18.4. The second-order valence-corrected chi connectivity index (χ2v) is 8.82. The maximum atomic E-state index is 13.3. The number of hydrogen-bond donors (Lipinski definition) is 1. The second kappa shape index (κ2) is 9.23. The van der Waals surface area contributed by atoms with Crippen LogP contribution in [0.1, 0.15) is 50.7 Å². The third-order valence-electron chi connectivity index (χ3n) is 5.77. The molecule has 0 aromatic heterocycles. The molecule has 0 saturated heterocycles. The number of carbonyl (C=O) groups excluding carboxylic acids is 2. The molecule has 0 amide bonds. The minimum Gasteiger partial charge on any atom is -0.463 e. The largest absolute Gasteiger partial charge is 0.463 e. The molecular formula is C24H32N2O4. The van der Waals surface area contributed by atoms with Gasteiger partial charge in [0.25, 0.3) is 0 Å². The Balaban J connectivity index is 2.20. The van der Waals surface area contributed by atoms with Gasteiger partial charge in [0.2, 0.25) is 0 Å². The summed E-state index contributed by atoms with van der Waals surface area (Å²) < 4.78 is 11.1. The Hall–Kier alpha value is -2.31. The summed E-state index contributed by atoms with van der Waals surface area (Å²) in [4.78, 5) is 31.3. The summed E-state index contributed by atoms with van der Waals surface area (Å²) in [6, 6.07) is 7.90. The minimum absolute atomic E-state index is 0.127. The molecule has 6 nitrogen and oxygen atoms in total. The van der Waals surface area contributed by atoms with Crippen molar-refractivity contribution in [3.8, 4) is 0 Å². The molecule has 30 heavy (non-hydrogen) atoms. The SMILES string of the molecule is CCOC(=O)C1=C(COCCN)N=C2CC(C)(C)CC(=O)C2C1c1ccccc1C. The lowest BCUT2D eigenvalue weighted by Crippen LogP contribution is -2.44. The molecule has 1 saturated carbocycles. The number of nitrogens with two attached hydrogens (primary N) is 1. The fourth-order valence-corrected chi connectivity index (χ4v) is 4.58. The van der Waals surface area contributed by atoms with Gasteiger partial charge in [0.15, 0.2) is 0 Å². The van der Waals surface area contributed by atoms with E-state index in [1.807, 2.05) is 31.2 Å². The molecule has 0 bridgehead atoms. The average molecular weight is 413 g/mol. The van der Waals surface area contributed by atoms with Crippen molar-refractivity contribution in [1.29, 1.82) is 0 Å². The number of ketones is 1. The second-order valence-electron chi connectivity index (χ2n) is 8.82. The van der Waals surface area contributed by atoms with Crippen LogP contribution >= 0.6 is 0 Å². The van der Waals surface area contributed by atoms with Crippen molar-refractivity contribution in [2.45, 2.75) is 46.5 Å². The smallest absolute Gasteiger partial charge is 0.336 e. The Morgan fingerprint density at radius 1 is 1.23 bits per heavy atom. The van der Waals surface area contributed by atoms with E-state index in [0.717, 1.165) is 16.8 Å². The number of rotatable bonds is 7. The van der Waals surface area contributed by atoms with Gasteiger partial charge in [0, 0.05) is 24.6 Å². The van der Waals surface area contributed by atoms with E-state index in [2.05, 4.69) is 13.8 Å². The summed E-state index contributed by atoms with van der Waals surface area (Å²) in [5.41, 5.74) is 9.23. The average Bonchev–Trinajstić information content (AvgIpc) is 2.66. The standard InChI is InChI=1S/C24H32N2O4/c1-5-30-23(28)22-18(14-29-11-10-25)26-17-12-24(3,4)13-19(27)21(17)20(22)16-9-7-6-8-15(16)2/h6-9,20-21H,5,10-14,25H2,1-4H3. The van der Waals surface area contributed by atoms with Crippen molar-refractivity contribution in [2.75, 3.05) is 26.4 Å². The molecule has 0 radical (unpaired) electrons. The molecule has 6 heteroatoms. The Morgan fingerprint density at radius 2 is 1.97 bits per heavy atom. The van der Waals surface area contributed by atoms with E-state index < -0.39 is 17.8 Å². The number of Topliss-reactive ketones (excluding diaryl/α,β-unsaturated/α-hetero) is 1. The quantitative estimate of drug-likeness (QED) is 0.548. The molecule has 2 N–H and O–H groups in total. The van der Waals surface area contributed by atoms with Gasteiger partial charge in [-0.1, -0.05) is 38.1 Å². The number of nitrogens with zero attached hydrogens (tertiary/aromatic N) is 1. The van der Waals surface area contributed by atoms with E-state index in [1.165, 1.54) is 0 Å². The molecule has 162 valence electrons. The van der Waals surface area contributed by atoms with Gasteiger partial charge in [-0.2, -0.15) is 0 Å². The molecule has 3 rings (SSSR count). The highest BCUT2D eigenvalue weighted by molar-refractivity contribution is 6.12. The van der Waals surface area contributed by atoms with Crippen molar-refractivity contribution in [1.82, 2.24) is 0 Å². The van der Waals surface area contributed by atoms with Crippen molar-refractivity contribution in [3.63, 3.8) is 0 Å². The van der Waals surface area contributed by atoms with E-state index in [0.29, 0.717) is 37.3 Å². The first kappa shape index (κ1) is 22.4. The lowest BCUT2D eigenvalue weighted by Gasteiger charge is -2.41. The van der Waals surface area contributed by atoms with Gasteiger partial charge in [-0.05, 0) is 36.8 Å². The Morgan fingerprint density at radius 3 is 2.63 bits per heavy atom.